The molecule has 104 valence electrons. The zero-order chi connectivity index (χ0) is 14.1. The van der Waals surface area contributed by atoms with Gasteiger partial charge in [-0.3, -0.25) is 9.59 Å². The number of ether oxygens (including phenoxy) is 1. The summed E-state index contributed by atoms with van der Waals surface area (Å²) in [5.41, 5.74) is 0. The summed E-state index contributed by atoms with van der Waals surface area (Å²) in [5.74, 6) is 0.225. The summed E-state index contributed by atoms with van der Waals surface area (Å²) in [6, 6.07) is 3.59. The standard InChI is InChI=1S/C14H19NO4/c1-3-9-15(11-14(17)18-4-2)13(16)8-7-12-6-5-10-19-12/h3,5-6,10H,1,4,7-9,11H2,2H3. The summed E-state index contributed by atoms with van der Waals surface area (Å²) in [4.78, 5) is 24.8. The highest BCUT2D eigenvalue weighted by Gasteiger charge is 2.16. The molecule has 0 aliphatic carbocycles. The topological polar surface area (TPSA) is 59.8 Å². The van der Waals surface area contributed by atoms with E-state index in [1.54, 1.807) is 25.3 Å². The number of nitrogens with zero attached hydrogens (tertiary/aromatic N) is 1. The van der Waals surface area contributed by atoms with Crippen molar-refractivity contribution in [3.8, 4) is 0 Å². The zero-order valence-corrected chi connectivity index (χ0v) is 11.1. The van der Waals surface area contributed by atoms with Crippen LogP contribution in [0.3, 0.4) is 0 Å². The number of esters is 1. The van der Waals surface area contributed by atoms with Crippen molar-refractivity contribution in [2.75, 3.05) is 19.7 Å². The maximum atomic E-state index is 12.0. The molecule has 0 unspecified atom stereocenters. The number of carbonyl (C=O) groups excluding carboxylic acids is 2. The molecule has 1 aromatic rings. The second-order valence-corrected chi connectivity index (χ2v) is 3.95. The SMILES string of the molecule is C=CCN(CC(=O)OCC)C(=O)CCc1ccco1. The van der Waals surface area contributed by atoms with E-state index in [0.29, 0.717) is 26.0 Å². The highest BCUT2D eigenvalue weighted by atomic mass is 16.5. The van der Waals surface area contributed by atoms with E-state index >= 15 is 0 Å². The molecule has 1 amide bonds. The van der Waals surface area contributed by atoms with Crippen molar-refractivity contribution < 1.29 is 18.7 Å². The van der Waals surface area contributed by atoms with Gasteiger partial charge in [0.1, 0.15) is 12.3 Å². The van der Waals surface area contributed by atoms with Crippen LogP contribution in [0.25, 0.3) is 0 Å². The van der Waals surface area contributed by atoms with Crippen molar-refractivity contribution in [1.29, 1.82) is 0 Å². The first-order valence-electron chi connectivity index (χ1n) is 6.24. The molecule has 0 bridgehead atoms. The Kier molecular flexibility index (Phi) is 6.43. The summed E-state index contributed by atoms with van der Waals surface area (Å²) in [6.07, 6.45) is 3.97. The third kappa shape index (κ3) is 5.42. The highest BCUT2D eigenvalue weighted by Crippen LogP contribution is 2.06. The minimum Gasteiger partial charge on any atom is -0.469 e. The number of hydrogen-bond donors (Lipinski definition) is 0. The van der Waals surface area contributed by atoms with Gasteiger partial charge in [0.05, 0.1) is 12.9 Å². The molecule has 0 aliphatic rings. The van der Waals surface area contributed by atoms with Crippen molar-refractivity contribution >= 4 is 11.9 Å². The van der Waals surface area contributed by atoms with Crippen LogP contribution in [0.2, 0.25) is 0 Å². The fraction of sp³-hybridized carbons (Fsp3) is 0.429. The van der Waals surface area contributed by atoms with E-state index in [2.05, 4.69) is 6.58 Å². The van der Waals surface area contributed by atoms with Gasteiger partial charge in [0.15, 0.2) is 0 Å². The van der Waals surface area contributed by atoms with Gasteiger partial charge >= 0.3 is 5.97 Å². The van der Waals surface area contributed by atoms with Gasteiger partial charge < -0.3 is 14.1 Å². The number of amides is 1. The van der Waals surface area contributed by atoms with E-state index in [0.717, 1.165) is 5.76 Å². The van der Waals surface area contributed by atoms with Crippen molar-refractivity contribution in [3.63, 3.8) is 0 Å². The zero-order valence-electron chi connectivity index (χ0n) is 11.1. The van der Waals surface area contributed by atoms with Gasteiger partial charge in [-0.2, -0.15) is 0 Å². The van der Waals surface area contributed by atoms with Crippen LogP contribution < -0.4 is 0 Å². The molecule has 0 aliphatic heterocycles. The Morgan fingerprint density at radius 2 is 2.32 bits per heavy atom. The lowest BCUT2D eigenvalue weighted by Gasteiger charge is -2.19. The van der Waals surface area contributed by atoms with Gasteiger partial charge in [0.2, 0.25) is 5.91 Å². The number of aryl methyl sites for hydroxylation is 1. The predicted octanol–water partition coefficient (Wildman–Crippen LogP) is 1.79. The first kappa shape index (κ1) is 15.0. The van der Waals surface area contributed by atoms with E-state index in [1.807, 2.05) is 6.07 Å². The fourth-order valence-corrected chi connectivity index (χ4v) is 1.62. The third-order valence-corrected chi connectivity index (χ3v) is 2.49. The minimum atomic E-state index is -0.407. The minimum absolute atomic E-state index is 0.0448. The molecule has 5 nitrogen and oxygen atoms in total. The van der Waals surface area contributed by atoms with Crippen LogP contribution in [0, 0.1) is 0 Å². The number of furan rings is 1. The first-order valence-corrected chi connectivity index (χ1v) is 6.24. The number of hydrogen-bond acceptors (Lipinski definition) is 4. The fourth-order valence-electron chi connectivity index (χ4n) is 1.62. The molecule has 0 fully saturated rings. The Labute approximate surface area is 112 Å². The van der Waals surface area contributed by atoms with E-state index in [9.17, 15) is 9.59 Å². The summed E-state index contributed by atoms with van der Waals surface area (Å²) in [5, 5.41) is 0. The van der Waals surface area contributed by atoms with Crippen molar-refractivity contribution in [2.45, 2.75) is 19.8 Å². The summed E-state index contributed by atoms with van der Waals surface area (Å²) in [6.45, 7) is 5.90. The number of carbonyl (C=O) groups is 2. The molecule has 0 radical (unpaired) electrons. The van der Waals surface area contributed by atoms with E-state index in [1.165, 1.54) is 4.90 Å². The quantitative estimate of drug-likeness (QED) is 0.531. The van der Waals surface area contributed by atoms with Gasteiger partial charge in [-0.25, -0.2) is 0 Å². The Bertz CT molecular complexity index is 411. The molecule has 19 heavy (non-hydrogen) atoms. The van der Waals surface area contributed by atoms with Gasteiger partial charge in [-0.15, -0.1) is 6.58 Å². The lowest BCUT2D eigenvalue weighted by Crippen LogP contribution is -2.36. The normalized spacial score (nSPS) is 9.95. The first-order chi connectivity index (χ1) is 9.17. The third-order valence-electron chi connectivity index (χ3n) is 2.49. The Morgan fingerprint density at radius 3 is 2.89 bits per heavy atom. The Balaban J connectivity index is 2.47. The molecule has 0 spiro atoms. The Morgan fingerprint density at radius 1 is 1.53 bits per heavy atom. The maximum Gasteiger partial charge on any atom is 0.325 e. The summed E-state index contributed by atoms with van der Waals surface area (Å²) in [7, 11) is 0. The van der Waals surface area contributed by atoms with Crippen LogP contribution >= 0.6 is 0 Å². The molecule has 0 N–H and O–H groups in total. The molecular formula is C14H19NO4. The molecular weight excluding hydrogens is 246 g/mol. The Hall–Kier alpha value is -2.04. The number of rotatable bonds is 8. The molecule has 0 aromatic carbocycles. The lowest BCUT2D eigenvalue weighted by atomic mass is 10.2. The van der Waals surface area contributed by atoms with E-state index < -0.39 is 5.97 Å². The van der Waals surface area contributed by atoms with Gasteiger partial charge in [-0.05, 0) is 19.1 Å². The average Bonchev–Trinajstić information content (AvgIpc) is 2.89. The molecule has 1 heterocycles. The molecule has 0 saturated carbocycles. The second kappa shape index (κ2) is 8.13. The molecule has 1 aromatic heterocycles. The maximum absolute atomic E-state index is 12.0. The van der Waals surface area contributed by atoms with Crippen LogP contribution in [0.4, 0.5) is 0 Å². The monoisotopic (exact) mass is 265 g/mol. The van der Waals surface area contributed by atoms with Gasteiger partial charge in [-0.1, -0.05) is 6.08 Å². The second-order valence-electron chi connectivity index (χ2n) is 3.95. The lowest BCUT2D eigenvalue weighted by molar-refractivity contribution is -0.148. The molecule has 0 saturated heterocycles. The average molecular weight is 265 g/mol. The highest BCUT2D eigenvalue weighted by molar-refractivity contribution is 5.82. The van der Waals surface area contributed by atoms with E-state index in [4.69, 9.17) is 9.15 Å². The van der Waals surface area contributed by atoms with Crippen LogP contribution in [-0.2, 0) is 20.7 Å². The van der Waals surface area contributed by atoms with Crippen molar-refractivity contribution in [1.82, 2.24) is 4.90 Å². The summed E-state index contributed by atoms with van der Waals surface area (Å²) < 4.78 is 9.99. The van der Waals surface area contributed by atoms with Gasteiger partial charge in [0, 0.05) is 19.4 Å². The predicted molar refractivity (Wildman–Crippen MR) is 70.4 cm³/mol. The molecule has 0 atom stereocenters. The molecule has 5 heteroatoms. The van der Waals surface area contributed by atoms with Gasteiger partial charge in [0.25, 0.3) is 0 Å². The molecule has 1 rings (SSSR count). The van der Waals surface area contributed by atoms with Crippen molar-refractivity contribution in [3.05, 3.63) is 36.8 Å². The van der Waals surface area contributed by atoms with Crippen LogP contribution in [0.1, 0.15) is 19.1 Å². The summed E-state index contributed by atoms with van der Waals surface area (Å²) >= 11 is 0. The van der Waals surface area contributed by atoms with Crippen LogP contribution in [0.15, 0.2) is 35.5 Å². The van der Waals surface area contributed by atoms with Crippen molar-refractivity contribution in [2.24, 2.45) is 0 Å². The smallest absolute Gasteiger partial charge is 0.325 e. The van der Waals surface area contributed by atoms with Crippen LogP contribution in [0.5, 0.6) is 0 Å². The largest absolute Gasteiger partial charge is 0.469 e. The van der Waals surface area contributed by atoms with E-state index in [-0.39, 0.29) is 12.5 Å². The van der Waals surface area contributed by atoms with Crippen LogP contribution in [-0.4, -0.2) is 36.5 Å².